The summed E-state index contributed by atoms with van der Waals surface area (Å²) in [5, 5.41) is 10.1. The van der Waals surface area contributed by atoms with Gasteiger partial charge in [0.2, 0.25) is 0 Å². The molecule has 2 rings (SSSR count). The van der Waals surface area contributed by atoms with E-state index in [1.54, 1.807) is 12.1 Å². The van der Waals surface area contributed by atoms with Crippen LogP contribution in [0.15, 0.2) is 36.4 Å². The number of halogens is 1. The molecule has 0 fully saturated rings. The van der Waals surface area contributed by atoms with Crippen molar-refractivity contribution in [3.8, 4) is 0 Å². The Bertz CT molecular complexity index is 422. The summed E-state index contributed by atoms with van der Waals surface area (Å²) >= 11 is 5.81. The highest BCUT2D eigenvalue weighted by atomic mass is 35.5. The number of hydrogen-bond donors (Lipinski definition) is 1. The molecule has 0 spiro atoms. The molecule has 0 aliphatic heterocycles. The lowest BCUT2D eigenvalue weighted by Gasteiger charge is -2.31. The van der Waals surface area contributed by atoms with Crippen LogP contribution in [0.25, 0.3) is 0 Å². The third-order valence-electron chi connectivity index (χ3n) is 3.18. The number of carbonyl (C=O) groups is 1. The van der Waals surface area contributed by atoms with Crippen molar-refractivity contribution < 1.29 is 9.90 Å². The van der Waals surface area contributed by atoms with Gasteiger partial charge in [-0.3, -0.25) is 4.79 Å². The van der Waals surface area contributed by atoms with Gasteiger partial charge in [-0.15, -0.1) is 0 Å². The number of carboxylic acid groups (broad SMARTS) is 1. The summed E-state index contributed by atoms with van der Waals surface area (Å²) < 4.78 is 0. The Balaban J connectivity index is 2.43. The van der Waals surface area contributed by atoms with Gasteiger partial charge in [0.15, 0.2) is 0 Å². The lowest BCUT2D eigenvalue weighted by molar-refractivity contribution is -0.144. The van der Waals surface area contributed by atoms with Crippen molar-refractivity contribution in [1.29, 1.82) is 0 Å². The quantitative estimate of drug-likeness (QED) is 0.799. The first-order valence-corrected chi connectivity index (χ1v) is 5.67. The second-order valence-corrected chi connectivity index (χ2v) is 4.54. The highest BCUT2D eigenvalue weighted by Gasteiger charge is 2.39. The Morgan fingerprint density at radius 1 is 1.25 bits per heavy atom. The molecule has 0 amide bonds. The Morgan fingerprint density at radius 3 is 2.44 bits per heavy atom. The molecule has 1 aliphatic rings. The molecule has 1 aliphatic carbocycles. The molecule has 0 bridgehead atoms. The molecule has 1 atom stereocenters. The van der Waals surface area contributed by atoms with Crippen molar-refractivity contribution in [3.05, 3.63) is 47.0 Å². The summed E-state index contributed by atoms with van der Waals surface area (Å²) in [7, 11) is 0. The van der Waals surface area contributed by atoms with Crippen molar-refractivity contribution in [1.82, 2.24) is 0 Å². The van der Waals surface area contributed by atoms with Gasteiger partial charge >= 0.3 is 5.97 Å². The predicted octanol–water partition coefficient (Wildman–Crippen LogP) is 3.40. The first kappa shape index (κ1) is 11.2. The maximum atomic E-state index is 11.5. The maximum Gasteiger partial charge on any atom is 0.314 e. The van der Waals surface area contributed by atoms with Crippen LogP contribution in [0.5, 0.6) is 0 Å². The SMILES string of the molecule is O=C(O)C1(c2ccc(Cl)cc2)CC=CCC1. The van der Waals surface area contributed by atoms with Gasteiger partial charge in [-0.05, 0) is 37.0 Å². The van der Waals surface area contributed by atoms with Crippen molar-refractivity contribution in [2.75, 3.05) is 0 Å². The standard InChI is InChI=1S/C13H13ClO2/c14-11-6-4-10(5-7-11)13(12(15)16)8-2-1-3-9-13/h1-2,4-7H,3,8-9H2,(H,15,16). The van der Waals surface area contributed by atoms with Crippen molar-refractivity contribution >= 4 is 17.6 Å². The van der Waals surface area contributed by atoms with E-state index < -0.39 is 11.4 Å². The number of carboxylic acids is 1. The van der Waals surface area contributed by atoms with E-state index in [2.05, 4.69) is 0 Å². The summed E-state index contributed by atoms with van der Waals surface area (Å²) in [5.74, 6) is -0.751. The van der Waals surface area contributed by atoms with Gasteiger partial charge in [0.05, 0.1) is 5.41 Å². The maximum absolute atomic E-state index is 11.5. The zero-order valence-corrected chi connectivity index (χ0v) is 9.57. The Morgan fingerprint density at radius 2 is 1.94 bits per heavy atom. The highest BCUT2D eigenvalue weighted by molar-refractivity contribution is 6.30. The lowest BCUT2D eigenvalue weighted by Crippen LogP contribution is -2.36. The highest BCUT2D eigenvalue weighted by Crippen LogP contribution is 2.37. The third kappa shape index (κ3) is 1.85. The van der Waals surface area contributed by atoms with Gasteiger partial charge in [-0.2, -0.15) is 0 Å². The predicted molar refractivity (Wildman–Crippen MR) is 63.8 cm³/mol. The topological polar surface area (TPSA) is 37.3 Å². The van der Waals surface area contributed by atoms with E-state index in [9.17, 15) is 9.90 Å². The molecule has 3 heteroatoms. The monoisotopic (exact) mass is 236 g/mol. The van der Waals surface area contributed by atoms with Gasteiger partial charge in [-0.1, -0.05) is 35.9 Å². The summed E-state index contributed by atoms with van der Waals surface area (Å²) in [6.45, 7) is 0. The average molecular weight is 237 g/mol. The van der Waals surface area contributed by atoms with E-state index in [1.807, 2.05) is 24.3 Å². The summed E-state index contributed by atoms with van der Waals surface area (Å²) in [5.41, 5.74) is 0.0769. The molecule has 1 N–H and O–H groups in total. The fourth-order valence-corrected chi connectivity index (χ4v) is 2.31. The fraction of sp³-hybridized carbons (Fsp3) is 0.308. The molecule has 1 aromatic rings. The molecule has 0 radical (unpaired) electrons. The van der Waals surface area contributed by atoms with Crippen LogP contribution < -0.4 is 0 Å². The van der Waals surface area contributed by atoms with E-state index >= 15 is 0 Å². The van der Waals surface area contributed by atoms with E-state index in [1.165, 1.54) is 0 Å². The molecule has 0 saturated heterocycles. The average Bonchev–Trinajstić information content (AvgIpc) is 2.30. The zero-order valence-electron chi connectivity index (χ0n) is 8.82. The molecule has 0 saturated carbocycles. The summed E-state index contributed by atoms with van der Waals surface area (Å²) in [6.07, 6.45) is 6.02. The first-order valence-electron chi connectivity index (χ1n) is 5.30. The van der Waals surface area contributed by atoms with Crippen LogP contribution in [0, 0.1) is 0 Å². The van der Waals surface area contributed by atoms with Crippen molar-refractivity contribution in [3.63, 3.8) is 0 Å². The molecule has 1 unspecified atom stereocenters. The number of aliphatic carboxylic acids is 1. The van der Waals surface area contributed by atoms with Crippen molar-refractivity contribution in [2.24, 2.45) is 0 Å². The summed E-state index contributed by atoms with van der Waals surface area (Å²) in [4.78, 5) is 11.5. The summed E-state index contributed by atoms with van der Waals surface area (Å²) in [6, 6.07) is 7.13. The molecule has 0 aromatic heterocycles. The smallest absolute Gasteiger partial charge is 0.314 e. The van der Waals surface area contributed by atoms with Gasteiger partial charge in [0.25, 0.3) is 0 Å². The van der Waals surface area contributed by atoms with E-state index in [0.29, 0.717) is 17.9 Å². The zero-order chi connectivity index (χ0) is 11.6. The van der Waals surface area contributed by atoms with Gasteiger partial charge in [0.1, 0.15) is 0 Å². The van der Waals surface area contributed by atoms with Crippen LogP contribution in [0.4, 0.5) is 0 Å². The number of hydrogen-bond acceptors (Lipinski definition) is 1. The second kappa shape index (κ2) is 4.30. The van der Waals surface area contributed by atoms with E-state index in [4.69, 9.17) is 11.6 Å². The number of allylic oxidation sites excluding steroid dienone is 2. The fourth-order valence-electron chi connectivity index (χ4n) is 2.18. The second-order valence-electron chi connectivity index (χ2n) is 4.11. The van der Waals surface area contributed by atoms with Crippen LogP contribution in [0.1, 0.15) is 24.8 Å². The Hall–Kier alpha value is -1.28. The van der Waals surface area contributed by atoms with Gasteiger partial charge in [-0.25, -0.2) is 0 Å². The normalized spacial score (nSPS) is 24.3. The van der Waals surface area contributed by atoms with Gasteiger partial charge < -0.3 is 5.11 Å². The molecule has 0 heterocycles. The number of rotatable bonds is 2. The van der Waals surface area contributed by atoms with Crippen LogP contribution in [0.3, 0.4) is 0 Å². The molecular weight excluding hydrogens is 224 g/mol. The minimum atomic E-state index is -0.765. The Labute approximate surface area is 99.5 Å². The first-order chi connectivity index (χ1) is 7.65. The van der Waals surface area contributed by atoms with Crippen molar-refractivity contribution in [2.45, 2.75) is 24.7 Å². The Kier molecular flexibility index (Phi) is 3.01. The van der Waals surface area contributed by atoms with E-state index in [-0.39, 0.29) is 0 Å². The minimum Gasteiger partial charge on any atom is -0.481 e. The third-order valence-corrected chi connectivity index (χ3v) is 3.43. The largest absolute Gasteiger partial charge is 0.481 e. The molecule has 2 nitrogen and oxygen atoms in total. The molecule has 1 aromatic carbocycles. The molecule has 16 heavy (non-hydrogen) atoms. The van der Waals surface area contributed by atoms with Crippen LogP contribution in [0.2, 0.25) is 5.02 Å². The minimum absolute atomic E-state index is 0.559. The lowest BCUT2D eigenvalue weighted by atomic mass is 9.72. The van der Waals surface area contributed by atoms with Crippen LogP contribution in [-0.2, 0) is 10.2 Å². The molecule has 84 valence electrons. The molecular formula is C13H13ClO2. The van der Waals surface area contributed by atoms with Gasteiger partial charge in [0, 0.05) is 5.02 Å². The van der Waals surface area contributed by atoms with Crippen LogP contribution >= 0.6 is 11.6 Å². The van der Waals surface area contributed by atoms with E-state index in [0.717, 1.165) is 12.0 Å². The van der Waals surface area contributed by atoms with Crippen LogP contribution in [-0.4, -0.2) is 11.1 Å². The number of benzene rings is 1.